The first-order valence-electron chi connectivity index (χ1n) is 5.53. The van der Waals surface area contributed by atoms with Crippen molar-refractivity contribution in [3.05, 3.63) is 65.7 Å². The number of carbonyl (C=O) groups is 1. The first kappa shape index (κ1) is 11.9. The zero-order chi connectivity index (χ0) is 13.0. The van der Waals surface area contributed by atoms with Crippen LogP contribution in [0.15, 0.2) is 54.6 Å². The topological polar surface area (TPSA) is 63.3 Å². The molecule has 0 radical (unpaired) electrons. The van der Waals surface area contributed by atoms with Gasteiger partial charge >= 0.3 is 5.97 Å². The number of carboxylic acid groups (broad SMARTS) is 1. The molecule has 3 N–H and O–H groups in total. The van der Waals surface area contributed by atoms with Gasteiger partial charge in [-0.15, -0.1) is 0 Å². The summed E-state index contributed by atoms with van der Waals surface area (Å²) in [4.78, 5) is 11.3. The Hall–Kier alpha value is -2.55. The van der Waals surface area contributed by atoms with E-state index in [1.165, 1.54) is 0 Å². The van der Waals surface area contributed by atoms with E-state index in [0.29, 0.717) is 11.3 Å². The van der Waals surface area contributed by atoms with Gasteiger partial charge in [0.15, 0.2) is 0 Å². The number of anilines is 1. The normalized spacial score (nSPS) is 11.2. The highest BCUT2D eigenvalue weighted by atomic mass is 16.4. The number of nitrogens with two attached hydrogens (primary N) is 1. The highest BCUT2D eigenvalue weighted by molar-refractivity contribution is 6.20. The average Bonchev–Trinajstić information content (AvgIpc) is 2.38. The van der Waals surface area contributed by atoms with Crippen molar-refractivity contribution >= 4 is 23.3 Å². The molecule has 0 aliphatic heterocycles. The maximum Gasteiger partial charge on any atom is 0.336 e. The SMILES string of the molecule is Nc1ccc(/C(=C\c2ccccc2)C(=O)O)cc1. The van der Waals surface area contributed by atoms with Crippen LogP contribution >= 0.6 is 0 Å². The lowest BCUT2D eigenvalue weighted by Gasteiger charge is -2.03. The molecule has 0 saturated heterocycles. The third-order valence-electron chi connectivity index (χ3n) is 2.56. The van der Waals surface area contributed by atoms with E-state index in [1.807, 2.05) is 30.3 Å². The maximum absolute atomic E-state index is 11.3. The minimum atomic E-state index is -0.955. The van der Waals surface area contributed by atoms with E-state index in [1.54, 1.807) is 30.3 Å². The molecule has 0 aliphatic carbocycles. The lowest BCUT2D eigenvalue weighted by Crippen LogP contribution is -1.99. The molecule has 2 aromatic carbocycles. The van der Waals surface area contributed by atoms with Gasteiger partial charge in [-0.2, -0.15) is 0 Å². The van der Waals surface area contributed by atoms with Gasteiger partial charge in [-0.1, -0.05) is 42.5 Å². The Labute approximate surface area is 105 Å². The fraction of sp³-hybridized carbons (Fsp3) is 0. The van der Waals surface area contributed by atoms with E-state index in [4.69, 9.17) is 5.73 Å². The van der Waals surface area contributed by atoms with Gasteiger partial charge in [0, 0.05) is 5.69 Å². The molecule has 0 amide bonds. The second-order valence-corrected chi connectivity index (χ2v) is 3.90. The molecule has 0 spiro atoms. The van der Waals surface area contributed by atoms with Gasteiger partial charge in [0.1, 0.15) is 0 Å². The largest absolute Gasteiger partial charge is 0.478 e. The van der Waals surface area contributed by atoms with Crippen LogP contribution in [0.5, 0.6) is 0 Å². The van der Waals surface area contributed by atoms with Crippen LogP contribution in [0.25, 0.3) is 11.6 Å². The minimum Gasteiger partial charge on any atom is -0.478 e. The van der Waals surface area contributed by atoms with Gasteiger partial charge in [-0.05, 0) is 29.3 Å². The fourth-order valence-electron chi connectivity index (χ4n) is 1.65. The Morgan fingerprint density at radius 2 is 1.61 bits per heavy atom. The third-order valence-corrected chi connectivity index (χ3v) is 2.56. The number of rotatable bonds is 3. The number of benzene rings is 2. The Bertz CT molecular complexity index is 571. The summed E-state index contributed by atoms with van der Waals surface area (Å²) in [5, 5.41) is 9.26. The highest BCUT2D eigenvalue weighted by Gasteiger charge is 2.09. The average molecular weight is 239 g/mol. The lowest BCUT2D eigenvalue weighted by molar-refractivity contribution is -0.130. The fourth-order valence-corrected chi connectivity index (χ4v) is 1.65. The number of nitrogen functional groups attached to an aromatic ring is 1. The Kier molecular flexibility index (Phi) is 3.44. The van der Waals surface area contributed by atoms with Gasteiger partial charge in [0.2, 0.25) is 0 Å². The predicted molar refractivity (Wildman–Crippen MR) is 72.8 cm³/mol. The van der Waals surface area contributed by atoms with Gasteiger partial charge in [0.25, 0.3) is 0 Å². The van der Waals surface area contributed by atoms with E-state index in [-0.39, 0.29) is 5.57 Å². The molecule has 0 heterocycles. The van der Waals surface area contributed by atoms with Crippen LogP contribution in [0, 0.1) is 0 Å². The zero-order valence-corrected chi connectivity index (χ0v) is 9.71. The molecular weight excluding hydrogens is 226 g/mol. The Morgan fingerprint density at radius 3 is 2.17 bits per heavy atom. The highest BCUT2D eigenvalue weighted by Crippen LogP contribution is 2.19. The number of hydrogen-bond acceptors (Lipinski definition) is 2. The Morgan fingerprint density at radius 1 is 1.00 bits per heavy atom. The quantitative estimate of drug-likeness (QED) is 0.491. The van der Waals surface area contributed by atoms with Crippen molar-refractivity contribution in [2.24, 2.45) is 0 Å². The first-order valence-corrected chi connectivity index (χ1v) is 5.53. The van der Waals surface area contributed by atoms with Crippen molar-refractivity contribution < 1.29 is 9.90 Å². The maximum atomic E-state index is 11.3. The van der Waals surface area contributed by atoms with E-state index in [2.05, 4.69) is 0 Å². The smallest absolute Gasteiger partial charge is 0.336 e. The molecular formula is C15H13NO2. The molecule has 3 heteroatoms. The van der Waals surface area contributed by atoms with Crippen molar-refractivity contribution in [1.82, 2.24) is 0 Å². The summed E-state index contributed by atoms with van der Waals surface area (Å²) >= 11 is 0. The van der Waals surface area contributed by atoms with Crippen LogP contribution in [0.1, 0.15) is 11.1 Å². The standard InChI is InChI=1S/C15H13NO2/c16-13-8-6-12(7-9-13)14(15(17)18)10-11-4-2-1-3-5-11/h1-10H,16H2,(H,17,18)/b14-10+. The summed E-state index contributed by atoms with van der Waals surface area (Å²) in [5.74, 6) is -0.955. The molecule has 0 aromatic heterocycles. The van der Waals surface area contributed by atoms with Gasteiger partial charge in [-0.25, -0.2) is 4.79 Å². The van der Waals surface area contributed by atoms with Crippen LogP contribution < -0.4 is 5.73 Å². The van der Waals surface area contributed by atoms with Crippen molar-refractivity contribution in [2.45, 2.75) is 0 Å². The Balaban J connectivity index is 2.44. The predicted octanol–water partition coefficient (Wildman–Crippen LogP) is 2.89. The molecule has 2 rings (SSSR count). The van der Waals surface area contributed by atoms with Crippen LogP contribution in [-0.4, -0.2) is 11.1 Å². The lowest BCUT2D eigenvalue weighted by atomic mass is 10.0. The number of hydrogen-bond donors (Lipinski definition) is 2. The van der Waals surface area contributed by atoms with Gasteiger partial charge in [0.05, 0.1) is 5.57 Å². The molecule has 18 heavy (non-hydrogen) atoms. The summed E-state index contributed by atoms with van der Waals surface area (Å²) in [7, 11) is 0. The van der Waals surface area contributed by atoms with Crippen molar-refractivity contribution in [3.8, 4) is 0 Å². The van der Waals surface area contributed by atoms with E-state index >= 15 is 0 Å². The molecule has 2 aromatic rings. The van der Waals surface area contributed by atoms with Gasteiger partial charge < -0.3 is 10.8 Å². The molecule has 0 unspecified atom stereocenters. The van der Waals surface area contributed by atoms with Crippen LogP contribution in [0.3, 0.4) is 0 Å². The van der Waals surface area contributed by atoms with Crippen molar-refractivity contribution in [1.29, 1.82) is 0 Å². The third kappa shape index (κ3) is 2.77. The van der Waals surface area contributed by atoms with E-state index in [0.717, 1.165) is 5.56 Å². The van der Waals surface area contributed by atoms with E-state index < -0.39 is 5.97 Å². The molecule has 0 saturated carbocycles. The molecule has 3 nitrogen and oxygen atoms in total. The van der Waals surface area contributed by atoms with Crippen LogP contribution in [0.2, 0.25) is 0 Å². The molecule has 90 valence electrons. The molecule has 0 aliphatic rings. The zero-order valence-electron chi connectivity index (χ0n) is 9.71. The summed E-state index contributed by atoms with van der Waals surface area (Å²) in [6.45, 7) is 0. The molecule has 0 fully saturated rings. The first-order chi connectivity index (χ1) is 8.66. The summed E-state index contributed by atoms with van der Waals surface area (Å²) in [6.07, 6.45) is 1.65. The monoisotopic (exact) mass is 239 g/mol. The second kappa shape index (κ2) is 5.19. The van der Waals surface area contributed by atoms with Crippen LogP contribution in [-0.2, 0) is 4.79 Å². The molecule has 0 atom stereocenters. The summed E-state index contributed by atoms with van der Waals surface area (Å²) in [5.41, 5.74) is 7.95. The van der Waals surface area contributed by atoms with Crippen LogP contribution in [0.4, 0.5) is 5.69 Å². The molecule has 0 bridgehead atoms. The number of carboxylic acids is 1. The minimum absolute atomic E-state index is 0.251. The van der Waals surface area contributed by atoms with Crippen molar-refractivity contribution in [3.63, 3.8) is 0 Å². The summed E-state index contributed by atoms with van der Waals surface area (Å²) in [6, 6.07) is 16.1. The van der Waals surface area contributed by atoms with Crippen molar-refractivity contribution in [2.75, 3.05) is 5.73 Å². The van der Waals surface area contributed by atoms with Gasteiger partial charge in [-0.3, -0.25) is 0 Å². The summed E-state index contributed by atoms with van der Waals surface area (Å²) < 4.78 is 0. The second-order valence-electron chi connectivity index (χ2n) is 3.90. The number of aliphatic carboxylic acids is 1. The van der Waals surface area contributed by atoms with E-state index in [9.17, 15) is 9.90 Å².